The maximum Gasteiger partial charge on any atom is 0.255 e. The van der Waals surface area contributed by atoms with Crippen LogP contribution in [0.15, 0.2) is 30.0 Å². The van der Waals surface area contributed by atoms with Crippen molar-refractivity contribution in [1.82, 2.24) is 14.8 Å². The van der Waals surface area contributed by atoms with Gasteiger partial charge in [0.2, 0.25) is 0 Å². The first-order valence-corrected chi connectivity index (χ1v) is 10.2. The number of nitrogens with zero attached hydrogens (tertiary/aromatic N) is 3. The molecule has 3 heterocycles. The molecule has 5 heteroatoms. The molecule has 2 aliphatic rings. The van der Waals surface area contributed by atoms with E-state index in [9.17, 15) is 9.90 Å². The van der Waals surface area contributed by atoms with Crippen molar-refractivity contribution in [3.8, 4) is 0 Å². The second-order valence-corrected chi connectivity index (χ2v) is 8.48. The van der Waals surface area contributed by atoms with Crippen LogP contribution in [0.1, 0.15) is 55.6 Å². The fourth-order valence-corrected chi connectivity index (χ4v) is 4.58. The zero-order valence-electron chi connectivity index (χ0n) is 16.9. The number of hydrogen-bond acceptors (Lipinski definition) is 4. The second-order valence-electron chi connectivity index (χ2n) is 8.48. The van der Waals surface area contributed by atoms with Crippen LogP contribution in [0.4, 0.5) is 0 Å². The standard InChI is InChI=1S/C22H33N3O2/c1-17(2)7-5-12-24-14-9-20(26)22(15-24)10-6-13-25(16-22)21(27)19-8-4-11-23-18(19)3/h4,7-8,11,20,26H,5-6,9-10,12-16H2,1-3H3/t20-,22-/m1/s1. The predicted molar refractivity (Wildman–Crippen MR) is 108 cm³/mol. The number of aromatic nitrogens is 1. The largest absolute Gasteiger partial charge is 0.392 e. The highest BCUT2D eigenvalue weighted by atomic mass is 16.3. The monoisotopic (exact) mass is 371 g/mol. The number of piperidine rings is 2. The van der Waals surface area contributed by atoms with E-state index in [1.165, 1.54) is 5.57 Å². The van der Waals surface area contributed by atoms with Gasteiger partial charge in [-0.2, -0.15) is 0 Å². The molecular formula is C22H33N3O2. The Balaban J connectivity index is 1.71. The number of amides is 1. The van der Waals surface area contributed by atoms with Gasteiger partial charge in [0, 0.05) is 50.0 Å². The van der Waals surface area contributed by atoms with Crippen LogP contribution >= 0.6 is 0 Å². The molecule has 1 N–H and O–H groups in total. The first-order chi connectivity index (χ1) is 12.9. The normalized spacial score (nSPS) is 26.2. The number of carbonyl (C=O) groups is 1. The zero-order valence-corrected chi connectivity index (χ0v) is 16.9. The summed E-state index contributed by atoms with van der Waals surface area (Å²) in [5.41, 5.74) is 2.60. The van der Waals surface area contributed by atoms with Gasteiger partial charge in [0.15, 0.2) is 0 Å². The molecule has 2 fully saturated rings. The molecule has 2 saturated heterocycles. The maximum atomic E-state index is 13.1. The Morgan fingerprint density at radius 1 is 1.37 bits per heavy atom. The van der Waals surface area contributed by atoms with E-state index in [2.05, 4.69) is 29.8 Å². The molecule has 0 aliphatic carbocycles. The summed E-state index contributed by atoms with van der Waals surface area (Å²) >= 11 is 0. The summed E-state index contributed by atoms with van der Waals surface area (Å²) in [6, 6.07) is 3.68. The number of likely N-dealkylation sites (tertiary alicyclic amines) is 2. The third-order valence-electron chi connectivity index (χ3n) is 6.10. The van der Waals surface area contributed by atoms with Crippen molar-refractivity contribution >= 4 is 5.91 Å². The zero-order chi connectivity index (χ0) is 19.4. The minimum absolute atomic E-state index is 0.0496. The Hall–Kier alpha value is -1.72. The number of pyridine rings is 1. The summed E-state index contributed by atoms with van der Waals surface area (Å²) in [7, 11) is 0. The molecule has 0 saturated carbocycles. The molecule has 0 unspecified atom stereocenters. The SMILES string of the molecule is CC(C)=CCCN1CC[C@@H](O)[C@]2(CCCN(C(=O)c3cccnc3C)C2)C1. The van der Waals surface area contributed by atoms with Gasteiger partial charge < -0.3 is 14.9 Å². The number of rotatable bonds is 4. The van der Waals surface area contributed by atoms with Gasteiger partial charge in [-0.3, -0.25) is 9.78 Å². The van der Waals surface area contributed by atoms with E-state index in [1.54, 1.807) is 6.20 Å². The average Bonchev–Trinajstić information content (AvgIpc) is 2.64. The molecular weight excluding hydrogens is 338 g/mol. The quantitative estimate of drug-likeness (QED) is 0.827. The van der Waals surface area contributed by atoms with Gasteiger partial charge in [-0.15, -0.1) is 0 Å². The summed E-state index contributed by atoms with van der Waals surface area (Å²) in [4.78, 5) is 21.7. The van der Waals surface area contributed by atoms with Crippen LogP contribution in [-0.4, -0.2) is 64.6 Å². The van der Waals surface area contributed by atoms with Gasteiger partial charge in [-0.1, -0.05) is 11.6 Å². The third kappa shape index (κ3) is 4.58. The summed E-state index contributed by atoms with van der Waals surface area (Å²) < 4.78 is 0. The molecule has 1 amide bonds. The molecule has 1 aromatic heterocycles. The smallest absolute Gasteiger partial charge is 0.255 e. The number of aryl methyl sites for hydroxylation is 1. The summed E-state index contributed by atoms with van der Waals surface area (Å²) in [6.45, 7) is 10.4. The van der Waals surface area contributed by atoms with E-state index < -0.39 is 0 Å². The highest BCUT2D eigenvalue weighted by Gasteiger charge is 2.46. The molecule has 2 aliphatic heterocycles. The molecule has 1 aromatic rings. The van der Waals surface area contributed by atoms with Crippen LogP contribution in [0.2, 0.25) is 0 Å². The predicted octanol–water partition coefficient (Wildman–Crippen LogP) is 3.04. The molecule has 148 valence electrons. The van der Waals surface area contributed by atoms with Crippen molar-refractivity contribution in [1.29, 1.82) is 0 Å². The van der Waals surface area contributed by atoms with Gasteiger partial charge in [0.1, 0.15) is 0 Å². The molecule has 5 nitrogen and oxygen atoms in total. The molecule has 0 radical (unpaired) electrons. The number of carbonyl (C=O) groups excluding carboxylic acids is 1. The minimum Gasteiger partial charge on any atom is -0.392 e. The molecule has 1 spiro atoms. The van der Waals surface area contributed by atoms with Crippen LogP contribution < -0.4 is 0 Å². The van der Waals surface area contributed by atoms with Crippen molar-refractivity contribution < 1.29 is 9.90 Å². The Morgan fingerprint density at radius 2 is 2.19 bits per heavy atom. The van der Waals surface area contributed by atoms with Gasteiger partial charge in [-0.05, 0) is 58.6 Å². The van der Waals surface area contributed by atoms with Gasteiger partial charge >= 0.3 is 0 Å². The summed E-state index contributed by atoms with van der Waals surface area (Å²) in [6.07, 6.45) is 7.45. The summed E-state index contributed by atoms with van der Waals surface area (Å²) in [5.74, 6) is 0.0496. The van der Waals surface area contributed by atoms with Crippen LogP contribution in [0.5, 0.6) is 0 Å². The van der Waals surface area contributed by atoms with Crippen LogP contribution in [0.3, 0.4) is 0 Å². The van der Waals surface area contributed by atoms with Crippen molar-refractivity contribution in [3.63, 3.8) is 0 Å². The molecule has 2 atom stereocenters. The molecule has 0 bridgehead atoms. The average molecular weight is 372 g/mol. The topological polar surface area (TPSA) is 56.7 Å². The van der Waals surface area contributed by atoms with E-state index in [-0.39, 0.29) is 17.4 Å². The molecule has 0 aromatic carbocycles. The fourth-order valence-electron chi connectivity index (χ4n) is 4.58. The lowest BCUT2D eigenvalue weighted by Gasteiger charge is -2.51. The first-order valence-electron chi connectivity index (χ1n) is 10.2. The van der Waals surface area contributed by atoms with Crippen molar-refractivity contribution in [2.45, 2.75) is 52.6 Å². The Bertz CT molecular complexity index is 699. The minimum atomic E-state index is -0.331. The van der Waals surface area contributed by atoms with E-state index in [0.717, 1.165) is 57.6 Å². The molecule has 27 heavy (non-hydrogen) atoms. The number of allylic oxidation sites excluding steroid dienone is 1. The van der Waals surface area contributed by atoms with E-state index in [0.29, 0.717) is 12.1 Å². The maximum absolute atomic E-state index is 13.1. The number of aliphatic hydroxyl groups is 1. The van der Waals surface area contributed by atoms with E-state index in [4.69, 9.17) is 0 Å². The Labute approximate surface area is 163 Å². The number of hydrogen-bond donors (Lipinski definition) is 1. The second kappa shape index (κ2) is 8.53. The van der Waals surface area contributed by atoms with Crippen molar-refractivity contribution in [2.24, 2.45) is 5.41 Å². The van der Waals surface area contributed by atoms with Gasteiger partial charge in [0.05, 0.1) is 11.7 Å². The summed E-state index contributed by atoms with van der Waals surface area (Å²) in [5, 5.41) is 10.9. The first kappa shape index (κ1) is 20.0. The van der Waals surface area contributed by atoms with Crippen LogP contribution in [-0.2, 0) is 0 Å². The third-order valence-corrected chi connectivity index (χ3v) is 6.10. The highest BCUT2D eigenvalue weighted by molar-refractivity contribution is 5.95. The lowest BCUT2D eigenvalue weighted by Crippen LogP contribution is -2.59. The van der Waals surface area contributed by atoms with Gasteiger partial charge in [0.25, 0.3) is 5.91 Å². The lowest BCUT2D eigenvalue weighted by molar-refractivity contribution is -0.0782. The van der Waals surface area contributed by atoms with Crippen LogP contribution in [0.25, 0.3) is 0 Å². The van der Waals surface area contributed by atoms with Gasteiger partial charge in [-0.25, -0.2) is 0 Å². The Morgan fingerprint density at radius 3 is 2.93 bits per heavy atom. The fraction of sp³-hybridized carbons (Fsp3) is 0.636. The van der Waals surface area contributed by atoms with E-state index in [1.807, 2.05) is 24.0 Å². The van der Waals surface area contributed by atoms with Crippen molar-refractivity contribution in [2.75, 3.05) is 32.7 Å². The van der Waals surface area contributed by atoms with E-state index >= 15 is 0 Å². The molecule has 3 rings (SSSR count). The number of aliphatic hydroxyl groups excluding tert-OH is 1. The lowest BCUT2D eigenvalue weighted by atomic mass is 9.71. The Kier molecular flexibility index (Phi) is 6.33. The van der Waals surface area contributed by atoms with Crippen molar-refractivity contribution in [3.05, 3.63) is 41.2 Å². The highest BCUT2D eigenvalue weighted by Crippen LogP contribution is 2.39. The van der Waals surface area contributed by atoms with Crippen LogP contribution in [0, 0.1) is 12.3 Å².